The summed E-state index contributed by atoms with van der Waals surface area (Å²) in [5.41, 5.74) is -0.286. The van der Waals surface area contributed by atoms with Gasteiger partial charge in [-0.1, -0.05) is 36.4 Å². The summed E-state index contributed by atoms with van der Waals surface area (Å²) >= 11 is 0. The Labute approximate surface area is 143 Å². The number of nitrogens with zero attached hydrogens (tertiary/aromatic N) is 1. The monoisotopic (exact) mass is 328 g/mol. The Morgan fingerprint density at radius 3 is 2.29 bits per heavy atom. The number of benzene rings is 1. The highest BCUT2D eigenvalue weighted by molar-refractivity contribution is 6.60. The van der Waals surface area contributed by atoms with Gasteiger partial charge in [0.05, 0.1) is 11.2 Å². The van der Waals surface area contributed by atoms with Gasteiger partial charge in [-0.05, 0) is 39.3 Å². The van der Waals surface area contributed by atoms with Gasteiger partial charge in [-0.25, -0.2) is 4.98 Å². The molecule has 0 atom stereocenters. The van der Waals surface area contributed by atoms with Crippen molar-refractivity contribution in [2.75, 3.05) is 5.32 Å². The number of aromatic nitrogens is 1. The lowest BCUT2D eigenvalue weighted by Crippen LogP contribution is -2.53. The fourth-order valence-corrected chi connectivity index (χ4v) is 1.94. The number of nitrogens with one attached hydrogen (secondary N) is 1. The van der Waals surface area contributed by atoms with E-state index in [1.807, 2.05) is 30.3 Å². The molecule has 128 valence electrons. The average molecular weight is 328 g/mol. The van der Waals surface area contributed by atoms with Crippen LogP contribution in [0.25, 0.3) is 0 Å². The summed E-state index contributed by atoms with van der Waals surface area (Å²) in [5.74, 6) is 0.719. The molecule has 0 unspecified atom stereocenters. The van der Waals surface area contributed by atoms with E-state index in [0.29, 0.717) is 12.0 Å². The molecule has 1 aromatic carbocycles. The highest BCUT2D eigenvalue weighted by Gasteiger charge is 2.39. The minimum atomic E-state index is -1.15. The molecule has 24 heavy (non-hydrogen) atoms. The van der Waals surface area contributed by atoms with Gasteiger partial charge in [-0.3, -0.25) is 0 Å². The van der Waals surface area contributed by atoms with E-state index >= 15 is 0 Å². The molecule has 0 amide bonds. The molecule has 1 heterocycles. The van der Waals surface area contributed by atoms with Crippen LogP contribution < -0.4 is 10.8 Å². The van der Waals surface area contributed by atoms with Gasteiger partial charge in [0.2, 0.25) is 0 Å². The van der Waals surface area contributed by atoms with E-state index in [1.54, 1.807) is 46.0 Å². The van der Waals surface area contributed by atoms with E-state index in [0.717, 1.165) is 5.82 Å². The standard InChI is InChI=1S/C18H25BN2O3/c1-17(2,22)18(3,4)24-19(23)15-10-11-16(21-13-15)20-12-14-8-6-5-7-9-14/h5-11,13,22-23H,12H2,1-4H3,(H,20,21). The number of rotatable bonds is 7. The maximum absolute atomic E-state index is 10.2. The predicted molar refractivity (Wildman–Crippen MR) is 97.1 cm³/mol. The maximum atomic E-state index is 10.2. The molecule has 0 fully saturated rings. The van der Waals surface area contributed by atoms with Crippen molar-refractivity contribution in [1.82, 2.24) is 4.98 Å². The van der Waals surface area contributed by atoms with E-state index in [4.69, 9.17) is 4.65 Å². The molecule has 0 aliphatic carbocycles. The zero-order valence-electron chi connectivity index (χ0n) is 14.7. The Kier molecular flexibility index (Phi) is 5.64. The first-order chi connectivity index (χ1) is 11.2. The first-order valence-corrected chi connectivity index (χ1v) is 8.01. The number of hydrogen-bond donors (Lipinski definition) is 3. The van der Waals surface area contributed by atoms with Crippen molar-refractivity contribution < 1.29 is 14.8 Å². The van der Waals surface area contributed by atoms with E-state index in [2.05, 4.69) is 10.3 Å². The lowest BCUT2D eigenvalue weighted by molar-refractivity contribution is -0.0982. The van der Waals surface area contributed by atoms with Gasteiger partial charge in [-0.2, -0.15) is 0 Å². The van der Waals surface area contributed by atoms with Crippen molar-refractivity contribution in [2.45, 2.75) is 45.4 Å². The third-order valence-corrected chi connectivity index (χ3v) is 4.27. The summed E-state index contributed by atoms with van der Waals surface area (Å²) < 4.78 is 5.60. The van der Waals surface area contributed by atoms with Crippen LogP contribution in [0.2, 0.25) is 0 Å². The summed E-state index contributed by atoms with van der Waals surface area (Å²) in [6.07, 6.45) is 1.57. The molecule has 2 aromatic rings. The normalized spacial score (nSPS) is 12.1. The highest BCUT2D eigenvalue weighted by Crippen LogP contribution is 2.25. The smallest absolute Gasteiger partial charge is 0.423 e. The van der Waals surface area contributed by atoms with Crippen LogP contribution in [0.4, 0.5) is 5.82 Å². The van der Waals surface area contributed by atoms with Gasteiger partial charge in [-0.15, -0.1) is 0 Å². The number of hydrogen-bond acceptors (Lipinski definition) is 5. The molecule has 1 aromatic heterocycles. The molecule has 0 aliphatic heterocycles. The molecule has 0 bridgehead atoms. The minimum absolute atomic E-state index is 0.539. The first kappa shape index (κ1) is 18.5. The number of anilines is 1. The molecule has 0 saturated heterocycles. The van der Waals surface area contributed by atoms with Crippen molar-refractivity contribution in [3.8, 4) is 0 Å². The summed E-state index contributed by atoms with van der Waals surface area (Å²) in [5, 5.41) is 23.6. The van der Waals surface area contributed by atoms with E-state index in [-0.39, 0.29) is 0 Å². The zero-order valence-corrected chi connectivity index (χ0v) is 14.7. The van der Waals surface area contributed by atoms with Crippen LogP contribution in [0.5, 0.6) is 0 Å². The first-order valence-electron chi connectivity index (χ1n) is 8.01. The number of pyridine rings is 1. The van der Waals surface area contributed by atoms with Crippen molar-refractivity contribution >= 4 is 18.4 Å². The second-order valence-electron chi connectivity index (χ2n) is 6.86. The second kappa shape index (κ2) is 7.34. The van der Waals surface area contributed by atoms with E-state index in [9.17, 15) is 10.1 Å². The molecule has 3 N–H and O–H groups in total. The van der Waals surface area contributed by atoms with Crippen LogP contribution >= 0.6 is 0 Å². The SMILES string of the molecule is CC(C)(O)C(C)(C)OB(O)c1ccc(NCc2ccccc2)nc1. The van der Waals surface area contributed by atoms with Gasteiger partial charge < -0.3 is 20.1 Å². The third-order valence-electron chi connectivity index (χ3n) is 4.27. The van der Waals surface area contributed by atoms with Gasteiger partial charge in [0, 0.05) is 18.2 Å². The van der Waals surface area contributed by atoms with Crippen LogP contribution in [0.3, 0.4) is 0 Å². The maximum Gasteiger partial charge on any atom is 0.493 e. The molecule has 0 saturated carbocycles. The molecule has 0 spiro atoms. The molecule has 0 aliphatic rings. The van der Waals surface area contributed by atoms with Gasteiger partial charge in [0.1, 0.15) is 5.82 Å². The molecule has 2 rings (SSSR count). The van der Waals surface area contributed by atoms with Crippen molar-refractivity contribution in [3.63, 3.8) is 0 Å². The minimum Gasteiger partial charge on any atom is -0.423 e. The highest BCUT2D eigenvalue weighted by atomic mass is 16.5. The van der Waals surface area contributed by atoms with Crippen molar-refractivity contribution in [3.05, 3.63) is 54.2 Å². The average Bonchev–Trinajstić information content (AvgIpc) is 2.53. The van der Waals surface area contributed by atoms with E-state index in [1.165, 1.54) is 5.56 Å². The topological polar surface area (TPSA) is 74.6 Å². The van der Waals surface area contributed by atoms with Crippen LogP contribution in [-0.4, -0.2) is 33.4 Å². The summed E-state index contributed by atoms with van der Waals surface area (Å²) in [6, 6.07) is 13.6. The summed E-state index contributed by atoms with van der Waals surface area (Å²) in [7, 11) is -1.15. The molecule has 0 radical (unpaired) electrons. The van der Waals surface area contributed by atoms with E-state index < -0.39 is 18.3 Å². The largest absolute Gasteiger partial charge is 0.493 e. The zero-order chi connectivity index (χ0) is 17.8. The van der Waals surface area contributed by atoms with Gasteiger partial charge in [0.25, 0.3) is 0 Å². The Morgan fingerprint density at radius 1 is 1.08 bits per heavy atom. The third kappa shape index (κ3) is 4.80. The Morgan fingerprint density at radius 2 is 1.75 bits per heavy atom. The molecular weight excluding hydrogens is 303 g/mol. The number of aliphatic hydroxyl groups is 1. The van der Waals surface area contributed by atoms with Crippen LogP contribution in [0, 0.1) is 0 Å². The van der Waals surface area contributed by atoms with Crippen molar-refractivity contribution in [1.29, 1.82) is 0 Å². The Bertz CT molecular complexity index is 640. The predicted octanol–water partition coefficient (Wildman–Crippen LogP) is 1.95. The lowest BCUT2D eigenvalue weighted by Gasteiger charge is -2.38. The quantitative estimate of drug-likeness (QED) is 0.678. The second-order valence-corrected chi connectivity index (χ2v) is 6.86. The molecule has 5 nitrogen and oxygen atoms in total. The Hall–Kier alpha value is -1.89. The summed E-state index contributed by atoms with van der Waals surface area (Å²) in [6.45, 7) is 7.44. The molecular formula is C18H25BN2O3. The Balaban J connectivity index is 1.96. The van der Waals surface area contributed by atoms with Crippen LogP contribution in [0.15, 0.2) is 48.7 Å². The van der Waals surface area contributed by atoms with Crippen LogP contribution in [0.1, 0.15) is 33.3 Å². The lowest BCUT2D eigenvalue weighted by atomic mass is 9.77. The fraction of sp³-hybridized carbons (Fsp3) is 0.389. The fourth-order valence-electron chi connectivity index (χ4n) is 1.94. The summed E-state index contributed by atoms with van der Waals surface area (Å²) in [4.78, 5) is 4.29. The van der Waals surface area contributed by atoms with Crippen LogP contribution in [-0.2, 0) is 11.2 Å². The van der Waals surface area contributed by atoms with Gasteiger partial charge >= 0.3 is 7.12 Å². The van der Waals surface area contributed by atoms with Gasteiger partial charge in [0.15, 0.2) is 0 Å². The van der Waals surface area contributed by atoms with Crippen molar-refractivity contribution in [2.24, 2.45) is 0 Å². The molecule has 6 heteroatoms.